The minimum Gasteiger partial charge on any atom is -0.236 e. The van der Waals surface area contributed by atoms with E-state index in [1.54, 1.807) is 0 Å². The maximum absolute atomic E-state index is 6.10. The Balaban J connectivity index is 4.26. The summed E-state index contributed by atoms with van der Waals surface area (Å²) in [5, 5.41) is 0. The Morgan fingerprint density at radius 2 is 0.920 bits per heavy atom. The van der Waals surface area contributed by atoms with E-state index in [4.69, 9.17) is 9.78 Å². The fraction of sp³-hybridized carbons (Fsp3) is 1.00. The highest BCUT2D eigenvalue weighted by atomic mass is 17.2. The van der Waals surface area contributed by atoms with Crippen LogP contribution in [-0.4, -0.2) is 12.2 Å². The van der Waals surface area contributed by atoms with Gasteiger partial charge in [0.2, 0.25) is 0 Å². The molecule has 0 atom stereocenters. The summed E-state index contributed by atoms with van der Waals surface area (Å²) >= 11 is 0. The van der Waals surface area contributed by atoms with Crippen molar-refractivity contribution in [3.63, 3.8) is 0 Å². The number of hydrogen-bond donors (Lipinski definition) is 0. The second kappa shape index (κ2) is 18.7. The molecule has 25 heavy (non-hydrogen) atoms. The first-order valence-corrected chi connectivity index (χ1v) is 11.5. The van der Waals surface area contributed by atoms with E-state index in [0.29, 0.717) is 0 Å². The Labute approximate surface area is 159 Å². The maximum Gasteiger partial charge on any atom is 0.104 e. The van der Waals surface area contributed by atoms with Crippen molar-refractivity contribution < 1.29 is 9.78 Å². The molecule has 0 aromatic rings. The molecular weight excluding hydrogens is 308 g/mol. The van der Waals surface area contributed by atoms with E-state index in [1.165, 1.54) is 83.5 Å². The van der Waals surface area contributed by atoms with E-state index in [2.05, 4.69) is 27.7 Å². The Morgan fingerprint density at radius 1 is 0.480 bits per heavy atom. The summed E-state index contributed by atoms with van der Waals surface area (Å²) in [5.74, 6) is 0. The standard InChI is InChI=1S/C23H48O2/c1-5-9-13-14-15-16-17-18-21-23(19-10-6-2,20-11-7-3)25-24-22-12-8-4/h5-22H2,1-4H3. The van der Waals surface area contributed by atoms with Crippen molar-refractivity contribution in [2.75, 3.05) is 6.61 Å². The van der Waals surface area contributed by atoms with E-state index in [-0.39, 0.29) is 5.60 Å². The van der Waals surface area contributed by atoms with Crippen molar-refractivity contribution in [3.05, 3.63) is 0 Å². The minimum absolute atomic E-state index is 0.0258. The Bertz CT molecular complexity index is 244. The van der Waals surface area contributed by atoms with Crippen molar-refractivity contribution in [2.24, 2.45) is 0 Å². The summed E-state index contributed by atoms with van der Waals surface area (Å²) in [5.41, 5.74) is -0.0258. The van der Waals surface area contributed by atoms with Gasteiger partial charge in [0.1, 0.15) is 5.60 Å². The molecule has 0 saturated heterocycles. The third kappa shape index (κ3) is 14.7. The SMILES string of the molecule is CCCCCCCCCCC(CCCC)(CCCC)OOCCCC. The molecule has 2 heteroatoms. The Hall–Kier alpha value is -0.0800. The molecule has 0 aliphatic heterocycles. The molecule has 0 spiro atoms. The molecule has 2 nitrogen and oxygen atoms in total. The summed E-state index contributed by atoms with van der Waals surface area (Å²) in [6, 6.07) is 0. The van der Waals surface area contributed by atoms with Gasteiger partial charge in [0, 0.05) is 0 Å². The van der Waals surface area contributed by atoms with Gasteiger partial charge in [-0.1, -0.05) is 111 Å². The van der Waals surface area contributed by atoms with E-state index >= 15 is 0 Å². The molecule has 0 heterocycles. The zero-order valence-corrected chi connectivity index (χ0v) is 18.0. The highest BCUT2D eigenvalue weighted by Crippen LogP contribution is 2.32. The van der Waals surface area contributed by atoms with Crippen molar-refractivity contribution in [1.82, 2.24) is 0 Å². The summed E-state index contributed by atoms with van der Waals surface area (Å²) in [6.07, 6.45) is 21.7. The van der Waals surface area contributed by atoms with Crippen LogP contribution in [0.2, 0.25) is 0 Å². The lowest BCUT2D eigenvalue weighted by Crippen LogP contribution is -2.33. The molecule has 0 aromatic carbocycles. The van der Waals surface area contributed by atoms with Crippen LogP contribution in [0.15, 0.2) is 0 Å². The van der Waals surface area contributed by atoms with Gasteiger partial charge in [-0.05, 0) is 25.7 Å². The van der Waals surface area contributed by atoms with Gasteiger partial charge < -0.3 is 0 Å². The van der Waals surface area contributed by atoms with E-state index < -0.39 is 0 Å². The van der Waals surface area contributed by atoms with Crippen LogP contribution in [0.3, 0.4) is 0 Å². The number of hydrogen-bond acceptors (Lipinski definition) is 2. The monoisotopic (exact) mass is 356 g/mol. The number of rotatable bonds is 20. The predicted molar refractivity (Wildman–Crippen MR) is 111 cm³/mol. The third-order valence-corrected chi connectivity index (χ3v) is 5.27. The molecule has 0 rings (SSSR count). The minimum atomic E-state index is -0.0258. The maximum atomic E-state index is 6.10. The van der Waals surface area contributed by atoms with Crippen LogP contribution in [-0.2, 0) is 9.78 Å². The van der Waals surface area contributed by atoms with Gasteiger partial charge in [0.15, 0.2) is 0 Å². The molecule has 0 aliphatic rings. The lowest BCUT2D eigenvalue weighted by Gasteiger charge is -2.33. The van der Waals surface area contributed by atoms with Crippen LogP contribution >= 0.6 is 0 Å². The molecule has 0 aliphatic carbocycles. The first-order chi connectivity index (χ1) is 12.2. The normalized spacial score (nSPS) is 12.0. The van der Waals surface area contributed by atoms with Gasteiger partial charge >= 0.3 is 0 Å². The summed E-state index contributed by atoms with van der Waals surface area (Å²) in [7, 11) is 0. The third-order valence-electron chi connectivity index (χ3n) is 5.27. The second-order valence-corrected chi connectivity index (χ2v) is 7.87. The van der Waals surface area contributed by atoms with Crippen molar-refractivity contribution in [1.29, 1.82) is 0 Å². The van der Waals surface area contributed by atoms with Gasteiger partial charge in [-0.25, -0.2) is 9.78 Å². The zero-order valence-electron chi connectivity index (χ0n) is 18.0. The smallest absolute Gasteiger partial charge is 0.104 e. The molecule has 0 saturated carbocycles. The summed E-state index contributed by atoms with van der Waals surface area (Å²) in [4.78, 5) is 11.8. The lowest BCUT2D eigenvalue weighted by atomic mass is 9.85. The predicted octanol–water partition coefficient (Wildman–Crippen LogP) is 8.38. The van der Waals surface area contributed by atoms with Gasteiger partial charge in [0.05, 0.1) is 6.61 Å². The first kappa shape index (κ1) is 24.9. The Morgan fingerprint density at radius 3 is 1.44 bits per heavy atom. The quantitative estimate of drug-likeness (QED) is 0.124. The van der Waals surface area contributed by atoms with Crippen LogP contribution in [0, 0.1) is 0 Å². The van der Waals surface area contributed by atoms with Crippen molar-refractivity contribution >= 4 is 0 Å². The van der Waals surface area contributed by atoms with Gasteiger partial charge in [0.25, 0.3) is 0 Å². The highest BCUT2D eigenvalue weighted by molar-refractivity contribution is 4.80. The Kier molecular flexibility index (Phi) is 18.6. The lowest BCUT2D eigenvalue weighted by molar-refractivity contribution is -0.367. The largest absolute Gasteiger partial charge is 0.236 e. The molecule has 0 aromatic heterocycles. The first-order valence-electron chi connectivity index (χ1n) is 11.5. The van der Waals surface area contributed by atoms with Gasteiger partial charge in [-0.15, -0.1) is 0 Å². The summed E-state index contributed by atoms with van der Waals surface area (Å²) < 4.78 is 0. The molecule has 0 fully saturated rings. The zero-order chi connectivity index (χ0) is 18.6. The van der Waals surface area contributed by atoms with Crippen LogP contribution in [0.25, 0.3) is 0 Å². The molecule has 0 unspecified atom stereocenters. The molecule has 0 amide bonds. The van der Waals surface area contributed by atoms with Gasteiger partial charge in [-0.2, -0.15) is 0 Å². The van der Waals surface area contributed by atoms with Crippen molar-refractivity contribution in [2.45, 2.75) is 142 Å². The van der Waals surface area contributed by atoms with Crippen LogP contribution in [0.1, 0.15) is 137 Å². The van der Waals surface area contributed by atoms with E-state index in [1.807, 2.05) is 0 Å². The topological polar surface area (TPSA) is 18.5 Å². The van der Waals surface area contributed by atoms with Crippen LogP contribution < -0.4 is 0 Å². The van der Waals surface area contributed by atoms with Crippen LogP contribution in [0.5, 0.6) is 0 Å². The average Bonchev–Trinajstić information content (AvgIpc) is 2.63. The van der Waals surface area contributed by atoms with Crippen molar-refractivity contribution in [3.8, 4) is 0 Å². The van der Waals surface area contributed by atoms with Gasteiger partial charge in [-0.3, -0.25) is 0 Å². The molecule has 0 bridgehead atoms. The fourth-order valence-electron chi connectivity index (χ4n) is 3.45. The molecule has 152 valence electrons. The highest BCUT2D eigenvalue weighted by Gasteiger charge is 2.31. The fourth-order valence-corrected chi connectivity index (χ4v) is 3.45. The summed E-state index contributed by atoms with van der Waals surface area (Å²) in [6.45, 7) is 9.78. The number of unbranched alkanes of at least 4 members (excludes halogenated alkanes) is 10. The average molecular weight is 357 g/mol. The molecular formula is C23H48O2. The van der Waals surface area contributed by atoms with E-state index in [0.717, 1.165) is 32.3 Å². The molecule has 0 radical (unpaired) electrons. The van der Waals surface area contributed by atoms with E-state index in [9.17, 15) is 0 Å². The second-order valence-electron chi connectivity index (χ2n) is 7.87. The van der Waals surface area contributed by atoms with Crippen LogP contribution in [0.4, 0.5) is 0 Å². The molecule has 0 N–H and O–H groups in total.